The number of amides is 1. The number of anilines is 1. The number of carbonyl (C=O) groups is 2. The van der Waals surface area contributed by atoms with Crippen molar-refractivity contribution in [1.82, 2.24) is 24.5 Å². The fourth-order valence-corrected chi connectivity index (χ4v) is 3.40. The van der Waals surface area contributed by atoms with E-state index in [-0.39, 0.29) is 30.5 Å². The van der Waals surface area contributed by atoms with Crippen LogP contribution in [0.25, 0.3) is 0 Å². The maximum absolute atomic E-state index is 13.3. The Bertz CT molecular complexity index is 1080. The number of fused-ring (bicyclic) bond motifs is 1. The molecule has 29 heavy (non-hydrogen) atoms. The lowest BCUT2D eigenvalue weighted by Crippen LogP contribution is -2.33. The molecule has 1 amide bonds. The third kappa shape index (κ3) is 3.78. The van der Waals surface area contributed by atoms with E-state index in [0.717, 1.165) is 12.1 Å². The second-order valence-electron chi connectivity index (χ2n) is 6.94. The quantitative estimate of drug-likeness (QED) is 0.612. The van der Waals surface area contributed by atoms with Crippen molar-refractivity contribution in [1.29, 1.82) is 0 Å². The van der Waals surface area contributed by atoms with Crippen LogP contribution in [0.1, 0.15) is 29.0 Å². The van der Waals surface area contributed by atoms with Crippen molar-refractivity contribution in [3.05, 3.63) is 59.8 Å². The Hall–Kier alpha value is -3.43. The highest BCUT2D eigenvalue weighted by atomic mass is 19.2. The molecule has 0 aliphatic carbocycles. The summed E-state index contributed by atoms with van der Waals surface area (Å²) in [5, 5.41) is 8.31. The van der Waals surface area contributed by atoms with Gasteiger partial charge in [0.1, 0.15) is 12.1 Å². The second kappa shape index (κ2) is 7.53. The van der Waals surface area contributed by atoms with Gasteiger partial charge in [-0.1, -0.05) is 6.07 Å². The fourth-order valence-electron chi connectivity index (χ4n) is 3.40. The van der Waals surface area contributed by atoms with Gasteiger partial charge in [-0.2, -0.15) is 5.10 Å². The van der Waals surface area contributed by atoms with Gasteiger partial charge in [0.15, 0.2) is 11.6 Å². The summed E-state index contributed by atoms with van der Waals surface area (Å²) in [5.74, 6) is -2.19. The smallest absolute Gasteiger partial charge is 0.231 e. The summed E-state index contributed by atoms with van der Waals surface area (Å²) in [6.07, 6.45) is 3.46. The average Bonchev–Trinajstić information content (AvgIpc) is 3.34. The third-order valence-electron chi connectivity index (χ3n) is 4.95. The number of carbonyl (C=O) groups excluding carboxylic acids is 2. The Labute approximate surface area is 164 Å². The van der Waals surface area contributed by atoms with Crippen molar-refractivity contribution in [2.75, 3.05) is 11.9 Å². The number of benzene rings is 1. The molecule has 0 saturated carbocycles. The molecule has 1 aliphatic rings. The normalized spacial score (nSPS) is 16.6. The summed E-state index contributed by atoms with van der Waals surface area (Å²) in [5.41, 5.74) is 0.489. The highest BCUT2D eigenvalue weighted by Gasteiger charge is 2.31. The van der Waals surface area contributed by atoms with Gasteiger partial charge in [-0.05, 0) is 24.1 Å². The highest BCUT2D eigenvalue weighted by Crippen LogP contribution is 2.25. The molecule has 3 aromatic rings. The van der Waals surface area contributed by atoms with E-state index in [4.69, 9.17) is 0 Å². The van der Waals surface area contributed by atoms with Gasteiger partial charge in [0.25, 0.3) is 0 Å². The molecule has 0 unspecified atom stereocenters. The minimum Gasteiger partial charge on any atom is -0.300 e. The largest absolute Gasteiger partial charge is 0.300 e. The average molecular weight is 400 g/mol. The zero-order valence-corrected chi connectivity index (χ0v) is 15.6. The molecule has 1 aliphatic heterocycles. The monoisotopic (exact) mass is 400 g/mol. The standard InChI is InChI=1S/C19H18F2N6O2/c1-25-17-4-6-23-27(17)7-5-13(19(25)29)9-16(28)18-22-11-26(24-18)10-12-2-3-14(20)15(21)8-12/h2-4,6,8,11,13H,5,7,9-10H2,1H3/t13-/m1/s1. The molecule has 150 valence electrons. The first-order valence-electron chi connectivity index (χ1n) is 9.08. The van der Waals surface area contributed by atoms with Crippen molar-refractivity contribution >= 4 is 17.5 Å². The molecule has 10 heteroatoms. The van der Waals surface area contributed by atoms with Crippen molar-refractivity contribution in [2.24, 2.45) is 5.92 Å². The third-order valence-corrected chi connectivity index (χ3v) is 4.95. The maximum atomic E-state index is 13.3. The minimum atomic E-state index is -0.949. The van der Waals surface area contributed by atoms with E-state index in [0.29, 0.717) is 24.3 Å². The number of ketones is 1. The van der Waals surface area contributed by atoms with E-state index in [1.807, 2.05) is 0 Å². The zero-order valence-electron chi connectivity index (χ0n) is 15.6. The summed E-state index contributed by atoms with van der Waals surface area (Å²) in [7, 11) is 1.66. The topological polar surface area (TPSA) is 85.9 Å². The predicted octanol–water partition coefficient (Wildman–Crippen LogP) is 2.06. The van der Waals surface area contributed by atoms with Crippen LogP contribution in [0.2, 0.25) is 0 Å². The number of aromatic nitrogens is 5. The van der Waals surface area contributed by atoms with Crippen LogP contribution in [-0.4, -0.2) is 43.3 Å². The lowest BCUT2D eigenvalue weighted by Gasteiger charge is -2.18. The summed E-state index contributed by atoms with van der Waals surface area (Å²) >= 11 is 0. The maximum Gasteiger partial charge on any atom is 0.231 e. The van der Waals surface area contributed by atoms with Crippen LogP contribution in [-0.2, 0) is 17.9 Å². The summed E-state index contributed by atoms with van der Waals surface area (Å²) in [6, 6.07) is 5.29. The van der Waals surface area contributed by atoms with Crippen LogP contribution >= 0.6 is 0 Å². The summed E-state index contributed by atoms with van der Waals surface area (Å²) in [4.78, 5) is 30.8. The molecule has 2 aromatic heterocycles. The molecule has 0 N–H and O–H groups in total. The van der Waals surface area contributed by atoms with Crippen LogP contribution in [0, 0.1) is 17.6 Å². The van der Waals surface area contributed by atoms with Gasteiger partial charge in [-0.15, -0.1) is 5.10 Å². The van der Waals surface area contributed by atoms with Crippen LogP contribution in [0.4, 0.5) is 14.6 Å². The Morgan fingerprint density at radius 3 is 2.86 bits per heavy atom. The van der Waals surface area contributed by atoms with Gasteiger partial charge in [0, 0.05) is 32.0 Å². The molecule has 0 fully saturated rings. The lowest BCUT2D eigenvalue weighted by atomic mass is 9.97. The highest BCUT2D eigenvalue weighted by molar-refractivity contribution is 6.00. The first kappa shape index (κ1) is 18.9. The summed E-state index contributed by atoms with van der Waals surface area (Å²) in [6.45, 7) is 0.679. The number of nitrogens with zero attached hydrogens (tertiary/aromatic N) is 6. The lowest BCUT2D eigenvalue weighted by molar-refractivity contribution is -0.122. The van der Waals surface area contributed by atoms with Crippen LogP contribution in [0.15, 0.2) is 36.8 Å². The Balaban J connectivity index is 1.43. The Kier molecular flexibility index (Phi) is 4.91. The number of hydrogen-bond donors (Lipinski definition) is 0. The van der Waals surface area contributed by atoms with E-state index >= 15 is 0 Å². The second-order valence-corrected chi connectivity index (χ2v) is 6.94. The Morgan fingerprint density at radius 1 is 1.24 bits per heavy atom. The molecule has 0 bridgehead atoms. The van der Waals surface area contributed by atoms with Crippen LogP contribution in [0.3, 0.4) is 0 Å². The molecular weight excluding hydrogens is 382 g/mol. The van der Waals surface area contributed by atoms with Crippen LogP contribution in [0.5, 0.6) is 0 Å². The molecule has 1 aromatic carbocycles. The number of hydrogen-bond acceptors (Lipinski definition) is 5. The van der Waals surface area contributed by atoms with Gasteiger partial charge in [-0.3, -0.25) is 14.5 Å². The first-order chi connectivity index (χ1) is 13.9. The Morgan fingerprint density at radius 2 is 2.07 bits per heavy atom. The van der Waals surface area contributed by atoms with Gasteiger partial charge in [-0.25, -0.2) is 23.1 Å². The molecule has 8 nitrogen and oxygen atoms in total. The zero-order chi connectivity index (χ0) is 20.5. The number of rotatable bonds is 5. The van der Waals surface area contributed by atoms with Crippen molar-refractivity contribution in [3.8, 4) is 0 Å². The van der Waals surface area contributed by atoms with Crippen molar-refractivity contribution in [3.63, 3.8) is 0 Å². The van der Waals surface area contributed by atoms with E-state index in [1.54, 1.807) is 24.0 Å². The van der Waals surface area contributed by atoms with Gasteiger partial charge < -0.3 is 0 Å². The van der Waals surface area contributed by atoms with Gasteiger partial charge in [0.05, 0.1) is 12.7 Å². The molecular formula is C19H18F2N6O2. The van der Waals surface area contributed by atoms with E-state index in [2.05, 4.69) is 15.2 Å². The van der Waals surface area contributed by atoms with Crippen molar-refractivity contribution < 1.29 is 18.4 Å². The molecule has 1 atom stereocenters. The number of aryl methyl sites for hydroxylation is 1. The van der Waals surface area contributed by atoms with Gasteiger partial charge in [0.2, 0.25) is 17.5 Å². The molecule has 3 heterocycles. The molecule has 0 saturated heterocycles. The number of Topliss-reactive ketones (excluding diaryl/α,β-unsaturated/α-hetero) is 1. The predicted molar refractivity (Wildman–Crippen MR) is 98.2 cm³/mol. The number of halogens is 2. The van der Waals surface area contributed by atoms with E-state index in [1.165, 1.54) is 22.0 Å². The minimum absolute atomic E-state index is 0.00924. The molecule has 0 spiro atoms. The van der Waals surface area contributed by atoms with Crippen LogP contribution < -0.4 is 4.90 Å². The van der Waals surface area contributed by atoms with Gasteiger partial charge >= 0.3 is 0 Å². The molecule has 4 rings (SSSR count). The first-order valence-corrected chi connectivity index (χ1v) is 9.08. The fraction of sp³-hybridized carbons (Fsp3) is 0.316. The van der Waals surface area contributed by atoms with Crippen molar-refractivity contribution in [2.45, 2.75) is 25.9 Å². The van der Waals surface area contributed by atoms with E-state index in [9.17, 15) is 18.4 Å². The molecule has 0 radical (unpaired) electrons. The SMILES string of the molecule is CN1C(=O)[C@@H](CC(=O)c2ncn(Cc3ccc(F)c(F)c3)n2)CCn2nccc21. The summed E-state index contributed by atoms with van der Waals surface area (Å²) < 4.78 is 29.5. The van der Waals surface area contributed by atoms with E-state index < -0.39 is 17.6 Å².